The zero-order valence-corrected chi connectivity index (χ0v) is 15.6. The van der Waals surface area contributed by atoms with Crippen molar-refractivity contribution in [3.63, 3.8) is 0 Å². The lowest BCUT2D eigenvalue weighted by atomic mass is 10.3. The molecule has 0 spiro atoms. The highest BCUT2D eigenvalue weighted by molar-refractivity contribution is 7.11. The molecule has 0 aliphatic rings. The SMILES string of the molecule is Cc1ncc(COc2cc3c(cn2)cc(C)n3C(=O)N[C@@H](CO)C(N)=O)s1. The van der Waals surface area contributed by atoms with Gasteiger partial charge in [0.15, 0.2) is 0 Å². The number of nitrogens with two attached hydrogens (primary N) is 1. The minimum absolute atomic E-state index is 0.324. The minimum Gasteiger partial charge on any atom is -0.472 e. The predicted molar refractivity (Wildman–Crippen MR) is 99.7 cm³/mol. The molecule has 0 bridgehead atoms. The van der Waals surface area contributed by atoms with Gasteiger partial charge in [0, 0.05) is 29.5 Å². The van der Waals surface area contributed by atoms with Gasteiger partial charge in [0.05, 0.1) is 22.0 Å². The van der Waals surface area contributed by atoms with Gasteiger partial charge in [-0.3, -0.25) is 9.36 Å². The van der Waals surface area contributed by atoms with E-state index in [9.17, 15) is 14.7 Å². The molecule has 3 aromatic heterocycles. The molecule has 142 valence electrons. The van der Waals surface area contributed by atoms with Gasteiger partial charge >= 0.3 is 6.03 Å². The van der Waals surface area contributed by atoms with Crippen molar-refractivity contribution < 1.29 is 19.4 Å². The zero-order chi connectivity index (χ0) is 19.6. The maximum absolute atomic E-state index is 12.6. The molecule has 4 N–H and O–H groups in total. The van der Waals surface area contributed by atoms with E-state index in [1.807, 2.05) is 6.92 Å². The van der Waals surface area contributed by atoms with Crippen molar-refractivity contribution in [2.45, 2.75) is 26.5 Å². The molecule has 10 heteroatoms. The summed E-state index contributed by atoms with van der Waals surface area (Å²) in [5, 5.41) is 13.3. The number of nitrogens with one attached hydrogen (secondary N) is 1. The van der Waals surface area contributed by atoms with Gasteiger partial charge in [-0.1, -0.05) is 0 Å². The molecule has 0 aliphatic carbocycles. The first kappa shape index (κ1) is 18.8. The molecule has 9 nitrogen and oxygen atoms in total. The Morgan fingerprint density at radius 2 is 2.11 bits per heavy atom. The van der Waals surface area contributed by atoms with Crippen LogP contribution in [0.15, 0.2) is 24.5 Å². The fourth-order valence-electron chi connectivity index (χ4n) is 2.61. The molecule has 2 amide bonds. The third kappa shape index (κ3) is 4.07. The summed E-state index contributed by atoms with van der Waals surface area (Å²) >= 11 is 1.53. The van der Waals surface area contributed by atoms with Crippen LogP contribution in [0.4, 0.5) is 4.79 Å². The minimum atomic E-state index is -1.17. The maximum Gasteiger partial charge on any atom is 0.326 e. The van der Waals surface area contributed by atoms with Crippen LogP contribution in [0.25, 0.3) is 10.9 Å². The summed E-state index contributed by atoms with van der Waals surface area (Å²) in [6.07, 6.45) is 3.36. The molecule has 0 saturated heterocycles. The van der Waals surface area contributed by atoms with Crippen LogP contribution in [-0.2, 0) is 11.4 Å². The third-order valence-electron chi connectivity index (χ3n) is 3.90. The van der Waals surface area contributed by atoms with Crippen LogP contribution in [-0.4, -0.2) is 44.2 Å². The quantitative estimate of drug-likeness (QED) is 0.578. The molecular weight excluding hydrogens is 370 g/mol. The summed E-state index contributed by atoms with van der Waals surface area (Å²) in [7, 11) is 0. The molecule has 0 unspecified atom stereocenters. The molecule has 0 aromatic carbocycles. The number of amides is 2. The van der Waals surface area contributed by atoms with E-state index in [1.54, 1.807) is 31.5 Å². The van der Waals surface area contributed by atoms with Crippen LogP contribution >= 0.6 is 11.3 Å². The maximum atomic E-state index is 12.6. The highest BCUT2D eigenvalue weighted by Gasteiger charge is 2.20. The van der Waals surface area contributed by atoms with Gasteiger partial charge in [-0.25, -0.2) is 14.8 Å². The number of hydrogen-bond donors (Lipinski definition) is 3. The third-order valence-corrected chi connectivity index (χ3v) is 4.79. The van der Waals surface area contributed by atoms with Gasteiger partial charge in [0.2, 0.25) is 11.8 Å². The Hall–Kier alpha value is -2.98. The molecule has 0 fully saturated rings. The van der Waals surface area contributed by atoms with Gasteiger partial charge < -0.3 is 20.9 Å². The smallest absolute Gasteiger partial charge is 0.326 e. The van der Waals surface area contributed by atoms with Gasteiger partial charge in [-0.2, -0.15) is 0 Å². The number of pyridine rings is 1. The van der Waals surface area contributed by atoms with Crippen molar-refractivity contribution in [2.75, 3.05) is 6.61 Å². The molecular formula is C17H19N5O4S. The number of hydrogen-bond acceptors (Lipinski definition) is 7. The molecule has 27 heavy (non-hydrogen) atoms. The number of carbonyl (C=O) groups is 2. The summed E-state index contributed by atoms with van der Waals surface area (Å²) in [6, 6.07) is 1.70. The van der Waals surface area contributed by atoms with Crippen molar-refractivity contribution in [3.05, 3.63) is 40.1 Å². The average Bonchev–Trinajstić information content (AvgIpc) is 3.19. The standard InChI is InChI=1S/C17H19N5O4S/c1-9-3-11-5-20-15(26-8-12-6-19-10(2)27-12)4-14(11)22(9)17(25)21-13(7-23)16(18)24/h3-6,13,23H,7-8H2,1-2H3,(H2,18,24)(H,21,25)/t13-/m0/s1. The first-order valence-electron chi connectivity index (χ1n) is 8.12. The number of primary amides is 1. The number of nitrogens with zero attached hydrogens (tertiary/aromatic N) is 3. The van der Waals surface area contributed by atoms with E-state index in [-0.39, 0.29) is 0 Å². The second-order valence-corrected chi connectivity index (χ2v) is 7.24. The summed E-state index contributed by atoms with van der Waals surface area (Å²) < 4.78 is 7.08. The number of aromatic nitrogens is 3. The average molecular weight is 389 g/mol. The van der Waals surface area contributed by atoms with E-state index in [0.29, 0.717) is 23.7 Å². The summed E-state index contributed by atoms with van der Waals surface area (Å²) in [5.74, 6) is -0.459. The number of aliphatic hydroxyl groups excluding tert-OH is 1. The van der Waals surface area contributed by atoms with E-state index in [4.69, 9.17) is 10.5 Å². The molecule has 3 rings (SSSR count). The number of aryl methyl sites for hydroxylation is 2. The number of fused-ring (bicyclic) bond motifs is 1. The van der Waals surface area contributed by atoms with Crippen molar-refractivity contribution >= 4 is 34.2 Å². The lowest BCUT2D eigenvalue weighted by molar-refractivity contribution is -0.120. The lowest BCUT2D eigenvalue weighted by Gasteiger charge is -2.14. The van der Waals surface area contributed by atoms with Gasteiger partial charge in [0.25, 0.3) is 0 Å². The van der Waals surface area contributed by atoms with Crippen molar-refractivity contribution in [1.29, 1.82) is 0 Å². The lowest BCUT2D eigenvalue weighted by Crippen LogP contribution is -2.48. The number of rotatable bonds is 6. The van der Waals surface area contributed by atoms with Crippen molar-refractivity contribution in [1.82, 2.24) is 19.9 Å². The van der Waals surface area contributed by atoms with Crippen LogP contribution in [0, 0.1) is 13.8 Å². The largest absolute Gasteiger partial charge is 0.472 e. The van der Waals surface area contributed by atoms with Crippen LogP contribution in [0.2, 0.25) is 0 Å². The van der Waals surface area contributed by atoms with Crippen molar-refractivity contribution in [3.8, 4) is 5.88 Å². The monoisotopic (exact) mass is 389 g/mol. The first-order chi connectivity index (χ1) is 12.9. The number of aliphatic hydroxyl groups is 1. The highest BCUT2D eigenvalue weighted by atomic mass is 32.1. The molecule has 3 aromatic rings. The van der Waals surface area contributed by atoms with Crippen LogP contribution in [0.5, 0.6) is 5.88 Å². The van der Waals surface area contributed by atoms with E-state index in [1.165, 1.54) is 15.9 Å². The second kappa shape index (κ2) is 7.72. The number of thiazole rings is 1. The Labute approximate surface area is 158 Å². The predicted octanol–water partition coefficient (Wildman–Crippen LogP) is 1.09. The number of ether oxygens (including phenoxy) is 1. The van der Waals surface area contributed by atoms with E-state index in [2.05, 4.69) is 15.3 Å². The van der Waals surface area contributed by atoms with Gasteiger partial charge in [-0.05, 0) is 19.9 Å². The van der Waals surface area contributed by atoms with Gasteiger partial charge in [-0.15, -0.1) is 11.3 Å². The zero-order valence-electron chi connectivity index (χ0n) is 14.8. The molecule has 3 heterocycles. The summed E-state index contributed by atoms with van der Waals surface area (Å²) in [6.45, 7) is 3.41. The fourth-order valence-corrected chi connectivity index (χ4v) is 3.32. The Morgan fingerprint density at radius 1 is 1.33 bits per heavy atom. The second-order valence-electron chi connectivity index (χ2n) is 5.92. The number of carbonyl (C=O) groups excluding carboxylic acids is 2. The molecule has 0 aliphatic heterocycles. The van der Waals surface area contributed by atoms with Crippen LogP contribution in [0.3, 0.4) is 0 Å². The fraction of sp³-hybridized carbons (Fsp3) is 0.294. The summed E-state index contributed by atoms with van der Waals surface area (Å²) in [4.78, 5) is 33.2. The molecule has 0 radical (unpaired) electrons. The van der Waals surface area contributed by atoms with E-state index < -0.39 is 24.6 Å². The first-order valence-corrected chi connectivity index (χ1v) is 8.94. The molecule has 0 saturated carbocycles. The molecule has 1 atom stereocenters. The summed E-state index contributed by atoms with van der Waals surface area (Å²) in [5.41, 5.74) is 6.37. The Balaban J connectivity index is 1.85. The Kier molecular flexibility index (Phi) is 5.38. The normalized spacial score (nSPS) is 12.1. The Bertz CT molecular complexity index is 997. The van der Waals surface area contributed by atoms with Crippen molar-refractivity contribution in [2.24, 2.45) is 5.73 Å². The van der Waals surface area contributed by atoms with E-state index >= 15 is 0 Å². The highest BCUT2D eigenvalue weighted by Crippen LogP contribution is 2.23. The van der Waals surface area contributed by atoms with Gasteiger partial charge in [0.1, 0.15) is 12.6 Å². The van der Waals surface area contributed by atoms with Crippen LogP contribution in [0.1, 0.15) is 15.6 Å². The Morgan fingerprint density at radius 3 is 2.74 bits per heavy atom. The van der Waals surface area contributed by atoms with E-state index in [0.717, 1.165) is 15.3 Å². The topological polar surface area (TPSA) is 132 Å². The van der Waals surface area contributed by atoms with Crippen LogP contribution < -0.4 is 15.8 Å².